The largest absolute Gasteiger partial charge is 0.401 e. The lowest BCUT2D eigenvalue weighted by Crippen LogP contribution is -2.51. The molecule has 0 saturated carbocycles. The summed E-state index contributed by atoms with van der Waals surface area (Å²) in [4.78, 5) is 37.9. The fourth-order valence-electron chi connectivity index (χ4n) is 2.73. The number of carbonyl (C=O) groups excluding carboxylic acids is 1. The fraction of sp³-hybridized carbons (Fsp3) is 0.375. The van der Waals surface area contributed by atoms with Gasteiger partial charge in [-0.3, -0.25) is 19.5 Å². The minimum Gasteiger partial charge on any atom is -0.336 e. The Bertz CT molecular complexity index is 830. The predicted molar refractivity (Wildman–Crippen MR) is 86.5 cm³/mol. The number of alkyl halides is 3. The molecule has 7 nitrogen and oxygen atoms in total. The smallest absolute Gasteiger partial charge is 0.336 e. The molecular weight excluding hydrogens is 351 g/mol. The maximum absolute atomic E-state index is 12.5. The van der Waals surface area contributed by atoms with Crippen molar-refractivity contribution in [2.24, 2.45) is 0 Å². The maximum Gasteiger partial charge on any atom is 0.401 e. The Morgan fingerprint density at radius 1 is 1.19 bits per heavy atom. The van der Waals surface area contributed by atoms with Crippen LogP contribution in [0.25, 0.3) is 11.4 Å². The van der Waals surface area contributed by atoms with Gasteiger partial charge in [0.15, 0.2) is 0 Å². The van der Waals surface area contributed by atoms with E-state index in [1.165, 1.54) is 22.2 Å². The van der Waals surface area contributed by atoms with E-state index in [1.54, 1.807) is 18.3 Å². The highest BCUT2D eigenvalue weighted by Gasteiger charge is 2.33. The molecule has 10 heteroatoms. The van der Waals surface area contributed by atoms with E-state index in [0.29, 0.717) is 5.56 Å². The predicted octanol–water partition coefficient (Wildman–Crippen LogP) is 1.15. The van der Waals surface area contributed by atoms with Crippen molar-refractivity contribution >= 4 is 5.91 Å². The quantitative estimate of drug-likeness (QED) is 0.880. The molecule has 3 heterocycles. The molecule has 0 aliphatic carbocycles. The number of rotatable bonds is 3. The summed E-state index contributed by atoms with van der Waals surface area (Å²) in [6.45, 7) is -0.552. The highest BCUT2D eigenvalue weighted by atomic mass is 19.4. The number of aromatic amines is 1. The lowest BCUT2D eigenvalue weighted by atomic mass is 10.2. The van der Waals surface area contributed by atoms with Crippen LogP contribution in [-0.2, 0) is 0 Å². The summed E-state index contributed by atoms with van der Waals surface area (Å²) in [5.41, 5.74) is -0.132. The van der Waals surface area contributed by atoms with Crippen molar-refractivity contribution in [1.82, 2.24) is 24.8 Å². The summed E-state index contributed by atoms with van der Waals surface area (Å²) in [5, 5.41) is 0. The Hall–Kier alpha value is -2.75. The second kappa shape index (κ2) is 7.24. The Morgan fingerprint density at radius 2 is 1.92 bits per heavy atom. The molecule has 1 N–H and O–H groups in total. The van der Waals surface area contributed by atoms with Crippen LogP contribution in [0.4, 0.5) is 13.2 Å². The topological polar surface area (TPSA) is 82.2 Å². The van der Waals surface area contributed by atoms with Crippen molar-refractivity contribution in [3.05, 3.63) is 46.6 Å². The number of nitrogens with zero attached hydrogens (tertiary/aromatic N) is 4. The molecule has 0 radical (unpaired) electrons. The summed E-state index contributed by atoms with van der Waals surface area (Å²) in [6, 6.07) is 3.40. The number of hydrogen-bond acceptors (Lipinski definition) is 5. The van der Waals surface area contributed by atoms with Crippen LogP contribution in [-0.4, -0.2) is 69.6 Å². The van der Waals surface area contributed by atoms with Crippen molar-refractivity contribution in [2.75, 3.05) is 32.7 Å². The number of halogens is 3. The van der Waals surface area contributed by atoms with E-state index in [9.17, 15) is 22.8 Å². The van der Waals surface area contributed by atoms with Gasteiger partial charge in [0.05, 0.1) is 6.54 Å². The van der Waals surface area contributed by atoms with Crippen LogP contribution >= 0.6 is 0 Å². The van der Waals surface area contributed by atoms with Gasteiger partial charge in [0.1, 0.15) is 11.4 Å². The van der Waals surface area contributed by atoms with Crippen LogP contribution < -0.4 is 5.56 Å². The number of H-pyrrole nitrogens is 1. The number of nitrogens with one attached hydrogen (secondary N) is 1. The Morgan fingerprint density at radius 3 is 2.50 bits per heavy atom. The van der Waals surface area contributed by atoms with Gasteiger partial charge in [-0.2, -0.15) is 13.2 Å². The molecule has 138 valence electrons. The molecule has 1 fully saturated rings. The first-order valence-electron chi connectivity index (χ1n) is 7.91. The first-order chi connectivity index (χ1) is 12.3. The molecule has 1 amide bonds. The average Bonchev–Trinajstić information content (AvgIpc) is 2.61. The van der Waals surface area contributed by atoms with Crippen LogP contribution in [0, 0.1) is 0 Å². The van der Waals surface area contributed by atoms with Crippen molar-refractivity contribution in [3.63, 3.8) is 0 Å². The lowest BCUT2D eigenvalue weighted by Gasteiger charge is -2.34. The monoisotopic (exact) mass is 367 g/mol. The van der Waals surface area contributed by atoms with Gasteiger partial charge in [-0.1, -0.05) is 0 Å². The van der Waals surface area contributed by atoms with Crippen LogP contribution in [0.1, 0.15) is 10.4 Å². The van der Waals surface area contributed by atoms with Gasteiger partial charge in [0.25, 0.3) is 11.5 Å². The maximum atomic E-state index is 12.5. The summed E-state index contributed by atoms with van der Waals surface area (Å²) in [5.74, 6) is -0.252. The van der Waals surface area contributed by atoms with Gasteiger partial charge in [0, 0.05) is 50.3 Å². The molecule has 2 aromatic rings. The second-order valence-corrected chi connectivity index (χ2v) is 5.90. The molecule has 2 aromatic heterocycles. The summed E-state index contributed by atoms with van der Waals surface area (Å²) < 4.78 is 37.2. The standard InChI is InChI=1S/C16H16F3N5O2/c17-16(18,19)10-23-4-6-24(7-5-23)15(26)12-9-21-13(22-14(12)25)11-2-1-3-20-8-11/h1-3,8-9H,4-7,10H2,(H,21,22,25). The van der Waals surface area contributed by atoms with Gasteiger partial charge in [-0.25, -0.2) is 4.98 Å². The summed E-state index contributed by atoms with van der Waals surface area (Å²) >= 11 is 0. The fourth-order valence-corrected chi connectivity index (χ4v) is 2.73. The van der Waals surface area contributed by atoms with Crippen molar-refractivity contribution in [3.8, 4) is 11.4 Å². The molecule has 1 aliphatic rings. The number of aromatic nitrogens is 3. The summed E-state index contributed by atoms with van der Waals surface area (Å²) in [6.07, 6.45) is 0.0263. The first kappa shape index (κ1) is 18.1. The molecule has 3 rings (SSSR count). The van der Waals surface area contributed by atoms with E-state index < -0.39 is 24.2 Å². The van der Waals surface area contributed by atoms with Crippen LogP contribution in [0.2, 0.25) is 0 Å². The van der Waals surface area contributed by atoms with E-state index in [2.05, 4.69) is 15.0 Å². The first-order valence-corrected chi connectivity index (χ1v) is 7.91. The van der Waals surface area contributed by atoms with E-state index >= 15 is 0 Å². The van der Waals surface area contributed by atoms with E-state index in [4.69, 9.17) is 0 Å². The van der Waals surface area contributed by atoms with Gasteiger partial charge >= 0.3 is 6.18 Å². The highest BCUT2D eigenvalue weighted by Crippen LogP contribution is 2.18. The minimum atomic E-state index is -4.27. The molecule has 0 atom stereocenters. The molecular formula is C16H16F3N5O2. The highest BCUT2D eigenvalue weighted by molar-refractivity contribution is 5.93. The molecule has 26 heavy (non-hydrogen) atoms. The van der Waals surface area contributed by atoms with Gasteiger partial charge < -0.3 is 9.88 Å². The van der Waals surface area contributed by atoms with E-state index in [0.717, 1.165) is 0 Å². The van der Waals surface area contributed by atoms with Crippen LogP contribution in [0.15, 0.2) is 35.5 Å². The van der Waals surface area contributed by atoms with Crippen LogP contribution in [0.3, 0.4) is 0 Å². The minimum absolute atomic E-state index is 0.102. The summed E-state index contributed by atoms with van der Waals surface area (Å²) in [7, 11) is 0. The third-order valence-electron chi connectivity index (χ3n) is 4.03. The molecule has 0 bridgehead atoms. The van der Waals surface area contributed by atoms with E-state index in [1.807, 2.05) is 0 Å². The van der Waals surface area contributed by atoms with Gasteiger partial charge in [-0.15, -0.1) is 0 Å². The number of amides is 1. The van der Waals surface area contributed by atoms with Crippen molar-refractivity contribution < 1.29 is 18.0 Å². The third kappa shape index (κ3) is 4.26. The Kier molecular flexibility index (Phi) is 5.03. The zero-order valence-corrected chi connectivity index (χ0v) is 13.7. The zero-order chi connectivity index (χ0) is 18.7. The number of pyridine rings is 1. The van der Waals surface area contributed by atoms with Gasteiger partial charge in [-0.05, 0) is 12.1 Å². The molecule has 1 aliphatic heterocycles. The van der Waals surface area contributed by atoms with Crippen LogP contribution in [0.5, 0.6) is 0 Å². The Balaban J connectivity index is 1.68. The molecule has 0 aromatic carbocycles. The normalized spacial score (nSPS) is 15.9. The third-order valence-corrected chi connectivity index (χ3v) is 4.03. The Labute approximate surface area is 146 Å². The van der Waals surface area contributed by atoms with E-state index in [-0.39, 0.29) is 37.6 Å². The van der Waals surface area contributed by atoms with Crippen molar-refractivity contribution in [1.29, 1.82) is 0 Å². The number of piperazine rings is 1. The zero-order valence-electron chi connectivity index (χ0n) is 13.7. The molecule has 1 saturated heterocycles. The van der Waals surface area contributed by atoms with Crippen molar-refractivity contribution in [2.45, 2.75) is 6.18 Å². The lowest BCUT2D eigenvalue weighted by molar-refractivity contribution is -0.148. The number of carbonyl (C=O) groups is 1. The SMILES string of the molecule is O=C(c1cnc(-c2cccnc2)[nH]c1=O)N1CCN(CC(F)(F)F)CC1. The van der Waals surface area contributed by atoms with Gasteiger partial charge in [0.2, 0.25) is 0 Å². The average molecular weight is 367 g/mol. The molecule has 0 spiro atoms. The number of hydrogen-bond donors (Lipinski definition) is 1. The second-order valence-electron chi connectivity index (χ2n) is 5.90. The molecule has 0 unspecified atom stereocenters.